The minimum absolute atomic E-state index is 0.158. The summed E-state index contributed by atoms with van der Waals surface area (Å²) in [6, 6.07) is 15.1. The van der Waals surface area contributed by atoms with Crippen LogP contribution in [0.3, 0.4) is 0 Å². The summed E-state index contributed by atoms with van der Waals surface area (Å²) in [7, 11) is 0. The SMILES string of the molecule is Cc1cn2c(n1)CCC(NC(C(=O)Nc1ccc(F)cc1)c1ccccc1)C2. The highest BCUT2D eigenvalue weighted by Gasteiger charge is 2.27. The van der Waals surface area contributed by atoms with E-state index in [-0.39, 0.29) is 17.8 Å². The van der Waals surface area contributed by atoms with Crippen molar-refractivity contribution >= 4 is 11.6 Å². The third-order valence-corrected chi connectivity index (χ3v) is 5.02. The summed E-state index contributed by atoms with van der Waals surface area (Å²) in [5, 5.41) is 6.41. The van der Waals surface area contributed by atoms with Gasteiger partial charge in [0.2, 0.25) is 5.91 Å². The molecule has 3 aromatic rings. The van der Waals surface area contributed by atoms with Gasteiger partial charge in [-0.25, -0.2) is 9.37 Å². The van der Waals surface area contributed by atoms with Gasteiger partial charge in [0.1, 0.15) is 17.7 Å². The Labute approximate surface area is 163 Å². The Morgan fingerprint density at radius 2 is 1.93 bits per heavy atom. The Hall–Kier alpha value is -2.99. The van der Waals surface area contributed by atoms with Crippen molar-refractivity contribution < 1.29 is 9.18 Å². The van der Waals surface area contributed by atoms with Gasteiger partial charge in [0, 0.05) is 30.9 Å². The number of carbonyl (C=O) groups excluding carboxylic acids is 1. The molecule has 2 heterocycles. The molecule has 1 aromatic heterocycles. The zero-order valence-electron chi connectivity index (χ0n) is 15.7. The van der Waals surface area contributed by atoms with Crippen LogP contribution in [-0.2, 0) is 17.8 Å². The van der Waals surface area contributed by atoms with Crippen molar-refractivity contribution in [2.24, 2.45) is 0 Å². The smallest absolute Gasteiger partial charge is 0.246 e. The number of anilines is 1. The van der Waals surface area contributed by atoms with Crippen LogP contribution in [0.4, 0.5) is 10.1 Å². The predicted molar refractivity (Wildman–Crippen MR) is 106 cm³/mol. The summed E-state index contributed by atoms with van der Waals surface area (Å²) in [6.45, 7) is 2.78. The lowest BCUT2D eigenvalue weighted by Gasteiger charge is -2.29. The highest BCUT2D eigenvalue weighted by Crippen LogP contribution is 2.21. The molecule has 2 unspecified atom stereocenters. The van der Waals surface area contributed by atoms with Crippen molar-refractivity contribution in [1.82, 2.24) is 14.9 Å². The van der Waals surface area contributed by atoms with Crippen LogP contribution in [0.25, 0.3) is 0 Å². The van der Waals surface area contributed by atoms with Gasteiger partial charge >= 0.3 is 0 Å². The van der Waals surface area contributed by atoms with Crippen molar-refractivity contribution in [3.8, 4) is 0 Å². The maximum atomic E-state index is 13.1. The van der Waals surface area contributed by atoms with Crippen LogP contribution in [-0.4, -0.2) is 21.5 Å². The second-order valence-corrected chi connectivity index (χ2v) is 7.19. The lowest BCUT2D eigenvalue weighted by atomic mass is 10.0. The minimum atomic E-state index is -0.498. The quantitative estimate of drug-likeness (QED) is 0.713. The molecule has 2 atom stereocenters. The van der Waals surface area contributed by atoms with Gasteiger partial charge in [-0.05, 0) is 43.2 Å². The average molecular weight is 378 g/mol. The fraction of sp³-hybridized carbons (Fsp3) is 0.273. The molecule has 0 radical (unpaired) electrons. The van der Waals surface area contributed by atoms with Crippen molar-refractivity contribution in [3.05, 3.63) is 83.7 Å². The lowest BCUT2D eigenvalue weighted by molar-refractivity contribution is -0.118. The third kappa shape index (κ3) is 4.12. The van der Waals surface area contributed by atoms with Crippen LogP contribution >= 0.6 is 0 Å². The molecule has 2 N–H and O–H groups in total. The number of amides is 1. The number of fused-ring (bicyclic) bond motifs is 1. The number of benzene rings is 2. The summed E-state index contributed by atoms with van der Waals surface area (Å²) >= 11 is 0. The summed E-state index contributed by atoms with van der Waals surface area (Å²) < 4.78 is 15.3. The molecule has 6 heteroatoms. The molecule has 28 heavy (non-hydrogen) atoms. The number of aryl methyl sites for hydroxylation is 2. The average Bonchev–Trinajstić information content (AvgIpc) is 3.07. The van der Waals surface area contributed by atoms with E-state index >= 15 is 0 Å². The predicted octanol–water partition coefficient (Wildman–Crippen LogP) is 3.62. The molecule has 1 aliphatic rings. The number of nitrogens with one attached hydrogen (secondary N) is 2. The second-order valence-electron chi connectivity index (χ2n) is 7.19. The van der Waals surface area contributed by atoms with Crippen LogP contribution in [0.5, 0.6) is 0 Å². The number of imidazole rings is 1. The monoisotopic (exact) mass is 378 g/mol. The van der Waals surface area contributed by atoms with Crippen molar-refractivity contribution in [3.63, 3.8) is 0 Å². The molecule has 0 spiro atoms. The number of rotatable bonds is 5. The second kappa shape index (κ2) is 7.94. The van der Waals surface area contributed by atoms with Gasteiger partial charge in [-0.2, -0.15) is 0 Å². The topological polar surface area (TPSA) is 59.0 Å². The number of hydrogen-bond donors (Lipinski definition) is 2. The van der Waals surface area contributed by atoms with Gasteiger partial charge in [0.25, 0.3) is 0 Å². The molecule has 1 amide bonds. The lowest BCUT2D eigenvalue weighted by Crippen LogP contribution is -2.43. The number of halogens is 1. The van der Waals surface area contributed by atoms with Crippen LogP contribution in [0, 0.1) is 12.7 Å². The minimum Gasteiger partial charge on any atom is -0.333 e. The molecule has 4 rings (SSSR count). The molecule has 0 aliphatic carbocycles. The maximum Gasteiger partial charge on any atom is 0.246 e. The molecule has 0 bridgehead atoms. The van der Waals surface area contributed by atoms with Crippen molar-refractivity contribution in [2.45, 2.75) is 38.4 Å². The van der Waals surface area contributed by atoms with Crippen LogP contribution in [0.15, 0.2) is 60.8 Å². The van der Waals surface area contributed by atoms with E-state index in [0.29, 0.717) is 5.69 Å². The molecule has 0 saturated heterocycles. The fourth-order valence-corrected chi connectivity index (χ4v) is 3.67. The highest BCUT2D eigenvalue weighted by molar-refractivity contribution is 5.95. The zero-order valence-corrected chi connectivity index (χ0v) is 15.7. The van der Waals surface area contributed by atoms with E-state index in [0.717, 1.165) is 36.5 Å². The van der Waals surface area contributed by atoms with Crippen molar-refractivity contribution in [1.29, 1.82) is 0 Å². The molecule has 2 aromatic carbocycles. The largest absolute Gasteiger partial charge is 0.333 e. The highest BCUT2D eigenvalue weighted by atomic mass is 19.1. The zero-order chi connectivity index (χ0) is 19.5. The van der Waals surface area contributed by atoms with Gasteiger partial charge in [-0.1, -0.05) is 30.3 Å². The fourth-order valence-electron chi connectivity index (χ4n) is 3.67. The van der Waals surface area contributed by atoms with E-state index < -0.39 is 6.04 Å². The molecular formula is C22H23FN4O. The Morgan fingerprint density at radius 1 is 1.18 bits per heavy atom. The number of carbonyl (C=O) groups is 1. The molecular weight excluding hydrogens is 355 g/mol. The molecule has 5 nitrogen and oxygen atoms in total. The van der Waals surface area contributed by atoms with E-state index in [4.69, 9.17) is 0 Å². The standard InChI is InChI=1S/C22H23FN4O/c1-15-13-27-14-19(11-12-20(27)24-15)25-21(16-5-3-2-4-6-16)22(28)26-18-9-7-17(23)8-10-18/h2-10,13,19,21,25H,11-12,14H2,1H3,(H,26,28). The number of hydrogen-bond acceptors (Lipinski definition) is 3. The molecule has 0 saturated carbocycles. The first-order chi connectivity index (χ1) is 13.6. The molecule has 1 aliphatic heterocycles. The first-order valence-corrected chi connectivity index (χ1v) is 9.48. The van der Waals surface area contributed by atoms with Crippen molar-refractivity contribution in [2.75, 3.05) is 5.32 Å². The Morgan fingerprint density at radius 3 is 2.68 bits per heavy atom. The molecule has 144 valence electrons. The Bertz CT molecular complexity index is 952. The van der Waals surface area contributed by atoms with E-state index in [1.165, 1.54) is 12.1 Å². The van der Waals surface area contributed by atoms with E-state index in [2.05, 4.69) is 26.4 Å². The Balaban J connectivity index is 1.52. The van der Waals surface area contributed by atoms with Gasteiger partial charge < -0.3 is 9.88 Å². The summed E-state index contributed by atoms with van der Waals surface area (Å²) in [6.07, 6.45) is 3.86. The van der Waals surface area contributed by atoms with E-state index in [9.17, 15) is 9.18 Å². The van der Waals surface area contributed by atoms with Crippen LogP contribution < -0.4 is 10.6 Å². The first kappa shape index (κ1) is 18.4. The summed E-state index contributed by atoms with van der Waals surface area (Å²) in [5.41, 5.74) is 2.49. The van der Waals surface area contributed by atoms with E-state index in [1.54, 1.807) is 12.1 Å². The van der Waals surface area contributed by atoms with Crippen LogP contribution in [0.1, 0.15) is 29.5 Å². The maximum absolute atomic E-state index is 13.1. The third-order valence-electron chi connectivity index (χ3n) is 5.02. The molecule has 0 fully saturated rings. The summed E-state index contributed by atoms with van der Waals surface area (Å²) in [5.74, 6) is 0.609. The normalized spacial score (nSPS) is 17.0. The van der Waals surface area contributed by atoms with E-state index in [1.807, 2.05) is 37.3 Å². The van der Waals surface area contributed by atoms with Gasteiger partial charge in [-0.3, -0.25) is 10.1 Å². The van der Waals surface area contributed by atoms with Crippen LogP contribution in [0.2, 0.25) is 0 Å². The number of aromatic nitrogens is 2. The van der Waals surface area contributed by atoms with Gasteiger partial charge in [-0.15, -0.1) is 0 Å². The Kier molecular flexibility index (Phi) is 5.21. The first-order valence-electron chi connectivity index (χ1n) is 9.48. The summed E-state index contributed by atoms with van der Waals surface area (Å²) in [4.78, 5) is 17.6. The number of nitrogens with zero attached hydrogens (tertiary/aromatic N) is 2. The van der Waals surface area contributed by atoms with Gasteiger partial charge in [0.05, 0.1) is 5.69 Å². The van der Waals surface area contributed by atoms with Gasteiger partial charge in [0.15, 0.2) is 0 Å².